The molecule has 1 N–H and O–H groups in total. The molecule has 2 heterocycles. The van der Waals surface area contributed by atoms with Crippen LogP contribution >= 0.6 is 11.3 Å². The smallest absolute Gasteiger partial charge is 0.256 e. The van der Waals surface area contributed by atoms with Crippen molar-refractivity contribution in [3.63, 3.8) is 0 Å². The molecule has 5 heteroatoms. The molecule has 134 valence electrons. The summed E-state index contributed by atoms with van der Waals surface area (Å²) in [4.78, 5) is 27.8. The first-order valence-corrected chi connectivity index (χ1v) is 9.46. The van der Waals surface area contributed by atoms with Crippen LogP contribution in [0.25, 0.3) is 33.4 Å². The van der Waals surface area contributed by atoms with Gasteiger partial charge in [-0.05, 0) is 23.1 Å². The molecule has 4 nitrogen and oxygen atoms in total. The third-order valence-corrected chi connectivity index (χ3v) is 5.41. The highest BCUT2D eigenvalue weighted by molar-refractivity contribution is 7.12. The zero-order chi connectivity index (χ0) is 19.5. The van der Waals surface area contributed by atoms with E-state index in [2.05, 4.69) is 11.1 Å². The molecule has 0 saturated carbocycles. The van der Waals surface area contributed by atoms with Crippen LogP contribution in [-0.2, 0) is 0 Å². The van der Waals surface area contributed by atoms with E-state index in [0.717, 1.165) is 17.4 Å². The Balaban J connectivity index is 2.17. The maximum absolute atomic E-state index is 12.9. The number of hydrogen-bond donors (Lipinski definition) is 1. The van der Waals surface area contributed by atoms with Gasteiger partial charge in [0.1, 0.15) is 0 Å². The van der Waals surface area contributed by atoms with E-state index in [-0.39, 0.29) is 5.56 Å². The van der Waals surface area contributed by atoms with Crippen molar-refractivity contribution in [1.29, 1.82) is 5.26 Å². The predicted molar refractivity (Wildman–Crippen MR) is 111 cm³/mol. The summed E-state index contributed by atoms with van der Waals surface area (Å²) in [6, 6.07) is 20.6. The Hall–Kier alpha value is -3.75. The number of rotatable bonds is 4. The Morgan fingerprint density at radius 2 is 1.64 bits per heavy atom. The molecule has 2 aromatic heterocycles. The number of nitrogens with one attached hydrogen (secondary N) is 1. The third kappa shape index (κ3) is 2.96. The molecular formula is C23H14N2O2S. The van der Waals surface area contributed by atoms with Gasteiger partial charge in [0.2, 0.25) is 0 Å². The fraction of sp³-hybridized carbons (Fsp3) is 0. The number of carbonyl (C=O) groups is 1. The van der Waals surface area contributed by atoms with Crippen LogP contribution in [0.1, 0.15) is 15.2 Å². The summed E-state index contributed by atoms with van der Waals surface area (Å²) in [7, 11) is 0. The second-order valence-corrected chi connectivity index (χ2v) is 7.07. The number of benzene rings is 2. The molecule has 4 aromatic rings. The van der Waals surface area contributed by atoms with E-state index in [9.17, 15) is 14.9 Å². The number of H-pyrrole nitrogens is 1. The molecule has 0 unspecified atom stereocenters. The average molecular weight is 382 g/mol. The van der Waals surface area contributed by atoms with Gasteiger partial charge in [0.05, 0.1) is 22.1 Å². The first kappa shape index (κ1) is 17.7. The van der Waals surface area contributed by atoms with Crippen LogP contribution in [0.4, 0.5) is 0 Å². The van der Waals surface area contributed by atoms with Crippen LogP contribution in [0.5, 0.6) is 0 Å². The lowest BCUT2D eigenvalue weighted by molar-refractivity contribution is 0.112. The van der Waals surface area contributed by atoms with Crippen LogP contribution in [0.2, 0.25) is 0 Å². The van der Waals surface area contributed by atoms with E-state index in [1.807, 2.05) is 53.9 Å². The third-order valence-electron chi connectivity index (χ3n) is 4.57. The number of aromatic nitrogens is 1. The molecule has 4 rings (SSSR count). The molecule has 0 fully saturated rings. The van der Waals surface area contributed by atoms with E-state index >= 15 is 0 Å². The lowest BCUT2D eigenvalue weighted by Gasteiger charge is -2.16. The van der Waals surface area contributed by atoms with Gasteiger partial charge in [-0.3, -0.25) is 9.59 Å². The van der Waals surface area contributed by atoms with Crippen molar-refractivity contribution in [2.75, 3.05) is 0 Å². The Kier molecular flexibility index (Phi) is 4.71. The van der Waals surface area contributed by atoms with Crippen molar-refractivity contribution in [2.24, 2.45) is 0 Å². The topological polar surface area (TPSA) is 73.7 Å². The van der Waals surface area contributed by atoms with Crippen molar-refractivity contribution in [1.82, 2.24) is 4.98 Å². The minimum absolute atomic E-state index is 0.249. The Labute approximate surface area is 165 Å². The van der Waals surface area contributed by atoms with Gasteiger partial charge in [0.25, 0.3) is 5.56 Å². The number of nitriles is 1. The van der Waals surface area contributed by atoms with Crippen LogP contribution in [-0.4, -0.2) is 11.3 Å². The maximum Gasteiger partial charge on any atom is 0.256 e. The lowest BCUT2D eigenvalue weighted by Crippen LogP contribution is -2.11. The molecule has 0 aliphatic rings. The van der Waals surface area contributed by atoms with Gasteiger partial charge in [-0.1, -0.05) is 48.5 Å². The summed E-state index contributed by atoms with van der Waals surface area (Å²) in [6.07, 6.45) is 2.43. The summed E-state index contributed by atoms with van der Waals surface area (Å²) in [5, 5.41) is 11.5. The van der Waals surface area contributed by atoms with E-state index in [4.69, 9.17) is 0 Å². The number of hydrogen-bond acceptors (Lipinski definition) is 4. The van der Waals surface area contributed by atoms with Crippen molar-refractivity contribution in [2.45, 2.75) is 0 Å². The van der Waals surface area contributed by atoms with Crippen LogP contribution in [0.3, 0.4) is 0 Å². The molecular weight excluding hydrogens is 368 g/mol. The fourth-order valence-corrected chi connectivity index (χ4v) is 4.05. The van der Waals surface area contributed by atoms with Gasteiger partial charge in [0.15, 0.2) is 6.29 Å². The summed E-state index contributed by atoms with van der Waals surface area (Å²) < 4.78 is 0. The van der Waals surface area contributed by atoms with Crippen molar-refractivity contribution < 1.29 is 4.79 Å². The summed E-state index contributed by atoms with van der Waals surface area (Å²) in [5.74, 6) is 0. The summed E-state index contributed by atoms with van der Waals surface area (Å²) in [5.41, 5.74) is 4.19. The molecule has 0 bridgehead atoms. The van der Waals surface area contributed by atoms with Crippen LogP contribution in [0, 0.1) is 11.3 Å². The maximum atomic E-state index is 12.9. The molecule has 0 atom stereocenters. The lowest BCUT2D eigenvalue weighted by atomic mass is 9.88. The second-order valence-electron chi connectivity index (χ2n) is 6.12. The minimum atomic E-state index is -0.249. The molecule has 0 amide bonds. The minimum Gasteiger partial charge on any atom is -0.328 e. The first-order chi connectivity index (χ1) is 13.7. The Morgan fingerprint density at radius 1 is 0.893 bits per heavy atom. The zero-order valence-electron chi connectivity index (χ0n) is 14.7. The second kappa shape index (κ2) is 7.47. The van der Waals surface area contributed by atoms with E-state index in [1.54, 1.807) is 18.3 Å². The molecule has 0 saturated heterocycles. The fourth-order valence-electron chi connectivity index (χ4n) is 3.34. The van der Waals surface area contributed by atoms with Crippen molar-refractivity contribution in [3.8, 4) is 39.4 Å². The zero-order valence-corrected chi connectivity index (χ0v) is 15.5. The highest BCUT2D eigenvalue weighted by Crippen LogP contribution is 2.40. The number of carbonyl (C=O) groups excluding carboxylic acids is 1. The summed E-state index contributed by atoms with van der Waals surface area (Å²) in [6.45, 7) is 0. The van der Waals surface area contributed by atoms with Crippen LogP contribution < -0.4 is 5.56 Å². The highest BCUT2D eigenvalue weighted by atomic mass is 32.1. The molecule has 0 spiro atoms. The van der Waals surface area contributed by atoms with Crippen LogP contribution in [0.15, 0.2) is 77.0 Å². The number of pyridine rings is 1. The number of aromatic amines is 1. The molecule has 2 aromatic carbocycles. The van der Waals surface area contributed by atoms with Gasteiger partial charge in [0, 0.05) is 28.5 Å². The molecule has 0 aliphatic heterocycles. The van der Waals surface area contributed by atoms with Gasteiger partial charge in [-0.25, -0.2) is 0 Å². The SMILES string of the molecule is N#Cc1ccccc1-c1c(-c2ccsc2C=O)c[nH]c(=O)c1-c1ccccc1. The van der Waals surface area contributed by atoms with E-state index in [0.29, 0.717) is 32.7 Å². The van der Waals surface area contributed by atoms with Gasteiger partial charge < -0.3 is 4.98 Å². The molecule has 0 radical (unpaired) electrons. The van der Waals surface area contributed by atoms with E-state index in [1.165, 1.54) is 11.3 Å². The number of nitrogens with zero attached hydrogens (tertiary/aromatic N) is 1. The van der Waals surface area contributed by atoms with E-state index < -0.39 is 0 Å². The van der Waals surface area contributed by atoms with Crippen molar-refractivity contribution in [3.05, 3.63) is 93.0 Å². The Bertz CT molecular complexity index is 1260. The average Bonchev–Trinajstić information content (AvgIpc) is 3.22. The standard InChI is InChI=1S/C23H14N2O2S/c24-12-16-8-4-5-9-17(16)22-19(18-10-11-28-20(18)14-26)13-25-23(27)21(22)15-6-2-1-3-7-15/h1-11,13-14H,(H,25,27). The summed E-state index contributed by atoms with van der Waals surface area (Å²) >= 11 is 1.34. The van der Waals surface area contributed by atoms with Gasteiger partial charge in [-0.15, -0.1) is 11.3 Å². The van der Waals surface area contributed by atoms with Gasteiger partial charge >= 0.3 is 0 Å². The molecule has 0 aliphatic carbocycles. The largest absolute Gasteiger partial charge is 0.328 e. The molecule has 28 heavy (non-hydrogen) atoms. The highest BCUT2D eigenvalue weighted by Gasteiger charge is 2.21. The van der Waals surface area contributed by atoms with Crippen molar-refractivity contribution >= 4 is 17.6 Å². The van der Waals surface area contributed by atoms with Gasteiger partial charge in [-0.2, -0.15) is 5.26 Å². The first-order valence-electron chi connectivity index (χ1n) is 8.58. The number of thiophene rings is 1. The number of aldehydes is 1. The quantitative estimate of drug-likeness (QED) is 0.498. The monoisotopic (exact) mass is 382 g/mol. The Morgan fingerprint density at radius 3 is 2.39 bits per heavy atom. The predicted octanol–water partition coefficient (Wildman–Crippen LogP) is 5.12. The normalized spacial score (nSPS) is 10.4.